The van der Waals surface area contributed by atoms with Gasteiger partial charge in [0.05, 0.1) is 12.4 Å². The van der Waals surface area contributed by atoms with Gasteiger partial charge in [-0.25, -0.2) is 22.2 Å². The van der Waals surface area contributed by atoms with Crippen LogP contribution in [0.3, 0.4) is 0 Å². The van der Waals surface area contributed by atoms with Crippen molar-refractivity contribution in [2.45, 2.75) is 36.1 Å². The van der Waals surface area contributed by atoms with Gasteiger partial charge in [-0.05, 0) is 25.0 Å². The maximum absolute atomic E-state index is 13.8. The van der Waals surface area contributed by atoms with Gasteiger partial charge in [0.2, 0.25) is 10.0 Å². The molecule has 6 nitrogen and oxygen atoms in total. The number of nitrogens with one attached hydrogen (secondary N) is 1. The van der Waals surface area contributed by atoms with E-state index < -0.39 is 21.4 Å². The van der Waals surface area contributed by atoms with Gasteiger partial charge in [-0.3, -0.25) is 0 Å². The van der Waals surface area contributed by atoms with Gasteiger partial charge in [-0.2, -0.15) is 5.10 Å². The fourth-order valence-electron chi connectivity index (χ4n) is 2.96. The van der Waals surface area contributed by atoms with E-state index >= 15 is 0 Å². The Kier molecular flexibility index (Phi) is 4.22. The Morgan fingerprint density at radius 1 is 1.30 bits per heavy atom. The summed E-state index contributed by atoms with van der Waals surface area (Å²) < 4.78 is 42.8. The zero-order valence-corrected chi connectivity index (χ0v) is 13.4. The van der Waals surface area contributed by atoms with E-state index in [2.05, 4.69) is 9.82 Å². The van der Waals surface area contributed by atoms with E-state index in [-0.39, 0.29) is 17.1 Å². The van der Waals surface area contributed by atoms with Crippen molar-refractivity contribution < 1.29 is 12.8 Å². The van der Waals surface area contributed by atoms with Gasteiger partial charge < -0.3 is 5.73 Å². The maximum Gasteiger partial charge on any atom is 0.244 e. The van der Waals surface area contributed by atoms with Crippen LogP contribution in [0.5, 0.6) is 0 Å². The molecule has 0 aliphatic heterocycles. The van der Waals surface area contributed by atoms with E-state index in [1.807, 2.05) is 0 Å². The van der Waals surface area contributed by atoms with Crippen LogP contribution in [-0.2, 0) is 10.0 Å². The van der Waals surface area contributed by atoms with E-state index in [1.165, 1.54) is 29.2 Å². The first kappa shape index (κ1) is 16.1. The molecule has 0 radical (unpaired) electrons. The van der Waals surface area contributed by atoms with Crippen LogP contribution in [0.1, 0.15) is 25.7 Å². The molecular formula is C15H19FN4O2S. The molecule has 2 aromatic rings. The number of benzene rings is 1. The molecule has 0 saturated heterocycles. The predicted molar refractivity (Wildman–Crippen MR) is 84.1 cm³/mol. The lowest BCUT2D eigenvalue weighted by molar-refractivity contribution is 0.399. The van der Waals surface area contributed by atoms with Gasteiger partial charge in [-0.15, -0.1) is 0 Å². The van der Waals surface area contributed by atoms with Crippen LogP contribution >= 0.6 is 0 Å². The average molecular weight is 338 g/mol. The Hall–Kier alpha value is -1.77. The lowest BCUT2D eigenvalue weighted by atomic mass is 10.0. The quantitative estimate of drug-likeness (QED) is 0.866. The van der Waals surface area contributed by atoms with Crippen LogP contribution in [0.25, 0.3) is 5.69 Å². The highest BCUT2D eigenvalue weighted by atomic mass is 32.2. The lowest BCUT2D eigenvalue weighted by Gasteiger charge is -2.27. The molecule has 8 heteroatoms. The Balaban J connectivity index is 1.89. The summed E-state index contributed by atoms with van der Waals surface area (Å²) in [6.07, 6.45) is 5.88. The zero-order chi connectivity index (χ0) is 16.5. The van der Waals surface area contributed by atoms with Crippen molar-refractivity contribution in [2.24, 2.45) is 5.73 Å². The average Bonchev–Trinajstić information content (AvgIpc) is 3.17. The molecule has 0 spiro atoms. The summed E-state index contributed by atoms with van der Waals surface area (Å²) in [5.74, 6) is -0.471. The van der Waals surface area contributed by atoms with Crippen molar-refractivity contribution in [3.63, 3.8) is 0 Å². The first-order chi connectivity index (χ1) is 11.0. The fourth-order valence-corrected chi connectivity index (χ4v) is 4.36. The Morgan fingerprint density at radius 3 is 2.65 bits per heavy atom. The van der Waals surface area contributed by atoms with E-state index in [0.29, 0.717) is 0 Å². The van der Waals surface area contributed by atoms with Crippen LogP contribution in [0.2, 0.25) is 0 Å². The minimum atomic E-state index is -3.75. The highest BCUT2D eigenvalue weighted by Crippen LogP contribution is 2.30. The molecule has 0 unspecified atom stereocenters. The standard InChI is InChI=1S/C15H19FN4O2S/c16-13-5-1-2-6-14(13)20-10-12(9-18-20)23(21,22)19-15(11-17)7-3-4-8-15/h1-2,5-6,9-10,19H,3-4,7-8,11,17H2. The highest BCUT2D eigenvalue weighted by molar-refractivity contribution is 7.89. The number of rotatable bonds is 5. The number of hydrogen-bond donors (Lipinski definition) is 2. The van der Waals surface area contributed by atoms with Gasteiger partial charge in [0, 0.05) is 12.1 Å². The Bertz CT molecular complexity index is 797. The Morgan fingerprint density at radius 2 is 2.00 bits per heavy atom. The van der Waals surface area contributed by atoms with Crippen molar-refractivity contribution in [3.05, 3.63) is 42.5 Å². The van der Waals surface area contributed by atoms with Gasteiger partial charge in [0.1, 0.15) is 16.4 Å². The third kappa shape index (κ3) is 3.15. The number of sulfonamides is 1. The lowest BCUT2D eigenvalue weighted by Crippen LogP contribution is -2.51. The molecule has 1 aliphatic rings. The maximum atomic E-state index is 13.8. The highest BCUT2D eigenvalue weighted by Gasteiger charge is 2.37. The third-order valence-electron chi connectivity index (χ3n) is 4.27. The molecule has 1 saturated carbocycles. The van der Waals surface area contributed by atoms with Crippen LogP contribution in [0.4, 0.5) is 4.39 Å². The zero-order valence-electron chi connectivity index (χ0n) is 12.6. The molecule has 1 fully saturated rings. The number of nitrogens with zero attached hydrogens (tertiary/aromatic N) is 2. The van der Waals surface area contributed by atoms with Crippen LogP contribution in [0, 0.1) is 5.82 Å². The summed E-state index contributed by atoms with van der Waals surface area (Å²) >= 11 is 0. The molecule has 3 rings (SSSR count). The SMILES string of the molecule is NCC1(NS(=O)(=O)c2cnn(-c3ccccc3F)c2)CCCC1. The molecule has 1 aromatic carbocycles. The normalized spacial score (nSPS) is 17.5. The van der Waals surface area contributed by atoms with Crippen LogP contribution in [-0.4, -0.2) is 30.3 Å². The molecule has 3 N–H and O–H groups in total. The van der Waals surface area contributed by atoms with E-state index in [9.17, 15) is 12.8 Å². The molecule has 1 aromatic heterocycles. The van der Waals surface area contributed by atoms with Crippen LogP contribution < -0.4 is 10.5 Å². The Labute approximate surface area is 134 Å². The van der Waals surface area contributed by atoms with Gasteiger partial charge in [0.15, 0.2) is 0 Å². The van der Waals surface area contributed by atoms with Gasteiger partial charge in [0.25, 0.3) is 0 Å². The molecule has 0 amide bonds. The summed E-state index contributed by atoms with van der Waals surface area (Å²) in [6.45, 7) is 0.258. The minimum absolute atomic E-state index is 0.000443. The van der Waals surface area contributed by atoms with E-state index in [1.54, 1.807) is 12.1 Å². The van der Waals surface area contributed by atoms with Crippen molar-refractivity contribution in [2.75, 3.05) is 6.54 Å². The number of hydrogen-bond acceptors (Lipinski definition) is 4. The second-order valence-electron chi connectivity index (χ2n) is 5.87. The predicted octanol–water partition coefficient (Wildman–Crippen LogP) is 1.56. The fraction of sp³-hybridized carbons (Fsp3) is 0.400. The molecule has 124 valence electrons. The summed E-state index contributed by atoms with van der Waals surface area (Å²) in [5.41, 5.74) is 5.39. The van der Waals surface area contributed by atoms with Gasteiger partial charge in [-0.1, -0.05) is 25.0 Å². The molecule has 0 atom stereocenters. The topological polar surface area (TPSA) is 90.0 Å². The number of aromatic nitrogens is 2. The number of para-hydroxylation sites is 1. The monoisotopic (exact) mass is 338 g/mol. The first-order valence-corrected chi connectivity index (χ1v) is 8.98. The number of nitrogens with two attached hydrogens (primary N) is 1. The second kappa shape index (κ2) is 6.03. The molecule has 1 aliphatic carbocycles. The second-order valence-corrected chi connectivity index (χ2v) is 7.55. The van der Waals surface area contributed by atoms with Crippen molar-refractivity contribution in [1.29, 1.82) is 0 Å². The minimum Gasteiger partial charge on any atom is -0.329 e. The molecule has 0 bridgehead atoms. The van der Waals surface area contributed by atoms with E-state index in [0.717, 1.165) is 25.7 Å². The summed E-state index contributed by atoms with van der Waals surface area (Å²) in [5, 5.41) is 3.96. The smallest absolute Gasteiger partial charge is 0.244 e. The van der Waals surface area contributed by atoms with E-state index in [4.69, 9.17) is 5.73 Å². The molecule has 23 heavy (non-hydrogen) atoms. The first-order valence-electron chi connectivity index (χ1n) is 7.49. The van der Waals surface area contributed by atoms with Crippen molar-refractivity contribution >= 4 is 10.0 Å². The summed E-state index contributed by atoms with van der Waals surface area (Å²) in [4.78, 5) is 0.000443. The third-order valence-corrected chi connectivity index (χ3v) is 5.80. The number of halogens is 1. The largest absolute Gasteiger partial charge is 0.329 e. The summed E-state index contributed by atoms with van der Waals surface area (Å²) in [7, 11) is -3.75. The van der Waals surface area contributed by atoms with Crippen LogP contribution in [0.15, 0.2) is 41.6 Å². The van der Waals surface area contributed by atoms with Crippen molar-refractivity contribution in [1.82, 2.24) is 14.5 Å². The van der Waals surface area contributed by atoms with Gasteiger partial charge >= 0.3 is 0 Å². The molecule has 1 heterocycles. The summed E-state index contributed by atoms with van der Waals surface area (Å²) in [6, 6.07) is 6.05. The van der Waals surface area contributed by atoms with Crippen molar-refractivity contribution in [3.8, 4) is 5.69 Å². The molecular weight excluding hydrogens is 319 g/mol.